The van der Waals surface area contributed by atoms with Crippen LogP contribution in [0.3, 0.4) is 0 Å². The van der Waals surface area contributed by atoms with Crippen LogP contribution in [0.25, 0.3) is 0 Å². The highest BCUT2D eigenvalue weighted by molar-refractivity contribution is 5.92. The van der Waals surface area contributed by atoms with Crippen molar-refractivity contribution >= 4 is 23.2 Å². The van der Waals surface area contributed by atoms with Gasteiger partial charge < -0.3 is 20.9 Å². The molecule has 1 aromatic rings. The van der Waals surface area contributed by atoms with Gasteiger partial charge in [0.2, 0.25) is 11.8 Å². The minimum Gasteiger partial charge on any atom is -0.371 e. The van der Waals surface area contributed by atoms with Crippen LogP contribution in [0, 0.1) is 5.92 Å². The molecular weight excluding hydrogens is 340 g/mol. The Morgan fingerprint density at radius 2 is 2.07 bits per heavy atom. The first-order chi connectivity index (χ1) is 13.0. The van der Waals surface area contributed by atoms with Crippen LogP contribution in [0.1, 0.15) is 46.0 Å². The number of rotatable bonds is 6. The Balaban J connectivity index is 1.47. The van der Waals surface area contributed by atoms with Crippen molar-refractivity contribution in [3.8, 4) is 0 Å². The van der Waals surface area contributed by atoms with Crippen molar-refractivity contribution in [3.05, 3.63) is 24.3 Å². The average Bonchev–Trinajstić information content (AvgIpc) is 3.16. The van der Waals surface area contributed by atoms with Gasteiger partial charge in [-0.1, -0.05) is 6.07 Å². The summed E-state index contributed by atoms with van der Waals surface area (Å²) in [4.78, 5) is 27.1. The molecule has 0 bridgehead atoms. The van der Waals surface area contributed by atoms with Crippen molar-refractivity contribution in [3.63, 3.8) is 0 Å². The highest BCUT2D eigenvalue weighted by Gasteiger charge is 2.26. The number of piperidine rings is 1. The quantitative estimate of drug-likeness (QED) is 0.717. The van der Waals surface area contributed by atoms with Crippen LogP contribution >= 0.6 is 0 Å². The van der Waals surface area contributed by atoms with Crippen molar-refractivity contribution in [2.75, 3.05) is 29.9 Å². The molecule has 27 heavy (non-hydrogen) atoms. The van der Waals surface area contributed by atoms with E-state index in [4.69, 9.17) is 0 Å². The van der Waals surface area contributed by atoms with Gasteiger partial charge in [-0.2, -0.15) is 0 Å². The number of hydrogen-bond donors (Lipinski definition) is 3. The van der Waals surface area contributed by atoms with E-state index in [1.807, 2.05) is 25.1 Å². The summed E-state index contributed by atoms with van der Waals surface area (Å²) in [6.07, 6.45) is 4.44. The molecule has 148 valence electrons. The summed E-state index contributed by atoms with van der Waals surface area (Å²) in [5, 5.41) is 9.33. The van der Waals surface area contributed by atoms with E-state index in [2.05, 4.69) is 33.8 Å². The summed E-state index contributed by atoms with van der Waals surface area (Å²) in [5.41, 5.74) is 1.97. The lowest BCUT2D eigenvalue weighted by molar-refractivity contribution is -0.127. The minimum atomic E-state index is -0.176. The molecule has 0 saturated carbocycles. The molecular formula is C21H32N4O2. The number of hydrogen-bond acceptors (Lipinski definition) is 4. The molecule has 0 aromatic heterocycles. The summed E-state index contributed by atoms with van der Waals surface area (Å²) in [5.74, 6) is 0.0450. The molecule has 3 N–H and O–H groups in total. The minimum absolute atomic E-state index is 0.0453. The Labute approximate surface area is 162 Å². The molecule has 0 radical (unpaired) electrons. The molecule has 2 heterocycles. The second kappa shape index (κ2) is 9.22. The summed E-state index contributed by atoms with van der Waals surface area (Å²) >= 11 is 0. The molecule has 6 nitrogen and oxygen atoms in total. The monoisotopic (exact) mass is 372 g/mol. The third-order valence-corrected chi connectivity index (χ3v) is 5.48. The van der Waals surface area contributed by atoms with Crippen molar-refractivity contribution in [2.45, 2.75) is 58.0 Å². The maximum Gasteiger partial charge on any atom is 0.226 e. The Kier molecular flexibility index (Phi) is 6.72. The van der Waals surface area contributed by atoms with Gasteiger partial charge in [0.15, 0.2) is 0 Å². The molecule has 3 atom stereocenters. The van der Waals surface area contributed by atoms with Crippen LogP contribution in [-0.2, 0) is 9.59 Å². The highest BCUT2D eigenvalue weighted by atomic mass is 16.2. The van der Waals surface area contributed by atoms with E-state index < -0.39 is 0 Å². The van der Waals surface area contributed by atoms with Gasteiger partial charge in [-0.15, -0.1) is 0 Å². The fraction of sp³-hybridized carbons (Fsp3) is 0.619. The summed E-state index contributed by atoms with van der Waals surface area (Å²) in [6, 6.07) is 8.21. The molecule has 2 aliphatic rings. The van der Waals surface area contributed by atoms with Gasteiger partial charge in [0.1, 0.15) is 0 Å². The second-order valence-corrected chi connectivity index (χ2v) is 7.98. The molecule has 0 aliphatic carbocycles. The van der Waals surface area contributed by atoms with Crippen LogP contribution in [0.5, 0.6) is 0 Å². The fourth-order valence-corrected chi connectivity index (χ4v) is 4.03. The molecule has 2 fully saturated rings. The third-order valence-electron chi connectivity index (χ3n) is 5.48. The van der Waals surface area contributed by atoms with E-state index in [9.17, 15) is 9.59 Å². The molecule has 1 unspecified atom stereocenters. The molecule has 2 aliphatic heterocycles. The number of amides is 2. The maximum absolute atomic E-state index is 12.4. The molecule has 6 heteroatoms. The largest absolute Gasteiger partial charge is 0.371 e. The second-order valence-electron chi connectivity index (χ2n) is 7.98. The highest BCUT2D eigenvalue weighted by Crippen LogP contribution is 2.23. The van der Waals surface area contributed by atoms with Crippen LogP contribution in [-0.4, -0.2) is 43.5 Å². The first-order valence-electron chi connectivity index (χ1n) is 10.2. The number of carbonyl (C=O) groups is 2. The molecule has 2 amide bonds. The van der Waals surface area contributed by atoms with E-state index in [1.165, 1.54) is 12.8 Å². The van der Waals surface area contributed by atoms with Gasteiger partial charge in [-0.25, -0.2) is 0 Å². The first kappa shape index (κ1) is 19.7. The van der Waals surface area contributed by atoms with Gasteiger partial charge in [-0.05, 0) is 64.3 Å². The number of benzene rings is 1. The van der Waals surface area contributed by atoms with Gasteiger partial charge in [0, 0.05) is 48.9 Å². The smallest absolute Gasteiger partial charge is 0.226 e. The first-order valence-corrected chi connectivity index (χ1v) is 10.2. The van der Waals surface area contributed by atoms with E-state index in [0.717, 1.165) is 43.9 Å². The third kappa shape index (κ3) is 5.70. The van der Waals surface area contributed by atoms with Crippen molar-refractivity contribution in [2.24, 2.45) is 5.92 Å². The number of nitrogens with one attached hydrogen (secondary N) is 3. The SMILES string of the molecule is CC(CC(=O)Nc1cccc(N2CCCC2)c1)NC(=O)[C@H]1CCN[C@@H](C)C1. The standard InChI is InChI=1S/C21H32N4O2/c1-15-12-17(8-9-22-15)21(27)23-16(2)13-20(26)24-18-6-5-7-19(14-18)25-10-3-4-11-25/h5-7,14-17,22H,3-4,8-13H2,1-2H3,(H,23,27)(H,24,26)/t15-,16?,17-/m0/s1. The Morgan fingerprint density at radius 3 is 2.81 bits per heavy atom. The van der Waals surface area contributed by atoms with Gasteiger partial charge >= 0.3 is 0 Å². The van der Waals surface area contributed by atoms with Crippen LogP contribution in [0.15, 0.2) is 24.3 Å². The van der Waals surface area contributed by atoms with Crippen LogP contribution < -0.4 is 20.9 Å². The Morgan fingerprint density at radius 1 is 1.30 bits per heavy atom. The summed E-state index contributed by atoms with van der Waals surface area (Å²) in [7, 11) is 0. The average molecular weight is 373 g/mol. The molecule has 0 spiro atoms. The van der Waals surface area contributed by atoms with E-state index in [1.54, 1.807) is 0 Å². The van der Waals surface area contributed by atoms with Gasteiger partial charge in [0.05, 0.1) is 0 Å². The van der Waals surface area contributed by atoms with Crippen molar-refractivity contribution in [1.82, 2.24) is 10.6 Å². The van der Waals surface area contributed by atoms with E-state index >= 15 is 0 Å². The lowest BCUT2D eigenvalue weighted by atomic mass is 9.92. The van der Waals surface area contributed by atoms with Gasteiger partial charge in [0.25, 0.3) is 0 Å². The van der Waals surface area contributed by atoms with Crippen LogP contribution in [0.2, 0.25) is 0 Å². The number of nitrogens with zero attached hydrogens (tertiary/aromatic N) is 1. The maximum atomic E-state index is 12.4. The molecule has 1 aromatic carbocycles. The Hall–Kier alpha value is -2.08. The topological polar surface area (TPSA) is 73.5 Å². The lowest BCUT2D eigenvalue weighted by Crippen LogP contribution is -2.45. The predicted molar refractivity (Wildman–Crippen MR) is 109 cm³/mol. The molecule has 2 saturated heterocycles. The zero-order valence-electron chi connectivity index (χ0n) is 16.5. The lowest BCUT2D eigenvalue weighted by Gasteiger charge is -2.28. The number of carbonyl (C=O) groups excluding carboxylic acids is 2. The van der Waals surface area contributed by atoms with Gasteiger partial charge in [-0.3, -0.25) is 9.59 Å². The normalized spacial score (nSPS) is 23.7. The van der Waals surface area contributed by atoms with Crippen molar-refractivity contribution in [1.29, 1.82) is 0 Å². The zero-order valence-corrected chi connectivity index (χ0v) is 16.5. The summed E-state index contributed by atoms with van der Waals surface area (Å²) < 4.78 is 0. The van der Waals surface area contributed by atoms with E-state index in [0.29, 0.717) is 6.04 Å². The fourth-order valence-electron chi connectivity index (χ4n) is 4.03. The summed E-state index contributed by atoms with van der Waals surface area (Å²) in [6.45, 7) is 7.03. The predicted octanol–water partition coefficient (Wildman–Crippen LogP) is 2.51. The molecule has 3 rings (SSSR count). The van der Waals surface area contributed by atoms with E-state index in [-0.39, 0.29) is 30.2 Å². The van der Waals surface area contributed by atoms with Crippen LogP contribution in [0.4, 0.5) is 11.4 Å². The van der Waals surface area contributed by atoms with Crippen molar-refractivity contribution < 1.29 is 9.59 Å². The Bertz CT molecular complexity index is 657. The number of anilines is 2. The zero-order chi connectivity index (χ0) is 19.2.